The summed E-state index contributed by atoms with van der Waals surface area (Å²) in [6.07, 6.45) is 9.13. The van der Waals surface area contributed by atoms with Gasteiger partial charge >= 0.3 is 6.09 Å². The third-order valence-electron chi connectivity index (χ3n) is 9.81. The van der Waals surface area contributed by atoms with E-state index in [4.69, 9.17) is 4.74 Å². The van der Waals surface area contributed by atoms with Crippen LogP contribution in [0.3, 0.4) is 0 Å². The van der Waals surface area contributed by atoms with Crippen LogP contribution in [0.25, 0.3) is 0 Å². The smallest absolute Gasteiger partial charge is 0.410 e. The molecule has 4 unspecified atom stereocenters. The number of nitrogens with zero attached hydrogens (tertiary/aromatic N) is 1. The van der Waals surface area contributed by atoms with Gasteiger partial charge in [-0.25, -0.2) is 4.79 Å². The minimum Gasteiger partial charge on any atom is -0.444 e. The number of anilines is 1. The summed E-state index contributed by atoms with van der Waals surface area (Å²) in [7, 11) is 1.83. The molecule has 0 saturated heterocycles. The van der Waals surface area contributed by atoms with Gasteiger partial charge in [-0.05, 0) is 94.6 Å². The predicted molar refractivity (Wildman–Crippen MR) is 155 cm³/mol. The summed E-state index contributed by atoms with van der Waals surface area (Å²) in [5, 5.41) is 3.95. The van der Waals surface area contributed by atoms with E-state index in [-0.39, 0.29) is 17.4 Å². The van der Waals surface area contributed by atoms with Gasteiger partial charge in [-0.15, -0.1) is 0 Å². The van der Waals surface area contributed by atoms with Crippen LogP contribution in [0.15, 0.2) is 24.3 Å². The summed E-state index contributed by atoms with van der Waals surface area (Å²) in [6.45, 7) is 13.6. The largest absolute Gasteiger partial charge is 0.444 e. The predicted octanol–water partition coefficient (Wildman–Crippen LogP) is 7.83. The van der Waals surface area contributed by atoms with Crippen molar-refractivity contribution in [2.24, 2.45) is 29.6 Å². The number of fused-ring (bicyclic) bond motifs is 3. The summed E-state index contributed by atoms with van der Waals surface area (Å²) in [5.74, 6) is 2.86. The van der Waals surface area contributed by atoms with Gasteiger partial charge in [0, 0.05) is 43.1 Å². The molecule has 1 N–H and O–H groups in total. The van der Waals surface area contributed by atoms with E-state index in [1.165, 1.54) is 30.5 Å². The number of ketones is 1. The lowest BCUT2D eigenvalue weighted by Crippen LogP contribution is -2.45. The van der Waals surface area contributed by atoms with Crippen LogP contribution in [-0.2, 0) is 14.9 Å². The molecule has 1 heterocycles. The first-order chi connectivity index (χ1) is 17.9. The first kappa shape index (κ1) is 29.0. The van der Waals surface area contributed by atoms with Crippen molar-refractivity contribution < 1.29 is 14.3 Å². The molecule has 0 aromatic heterocycles. The fraction of sp³-hybridized carbons (Fsp3) is 0.758. The monoisotopic (exact) mass is 524 g/mol. The summed E-state index contributed by atoms with van der Waals surface area (Å²) in [4.78, 5) is 27.4. The van der Waals surface area contributed by atoms with Gasteiger partial charge in [0.2, 0.25) is 0 Å². The van der Waals surface area contributed by atoms with Crippen molar-refractivity contribution in [3.8, 4) is 0 Å². The highest BCUT2D eigenvalue weighted by Gasteiger charge is 2.50. The average molecular weight is 525 g/mol. The van der Waals surface area contributed by atoms with E-state index >= 15 is 0 Å². The Bertz CT molecular complexity index is 975. The first-order valence-electron chi connectivity index (χ1n) is 15.2. The Morgan fingerprint density at radius 3 is 2.45 bits per heavy atom. The number of para-hydroxylation sites is 1. The topological polar surface area (TPSA) is 58.6 Å². The number of carbonyl (C=O) groups is 2. The molecule has 1 amide bonds. The molecule has 1 aromatic rings. The number of hydrogen-bond donors (Lipinski definition) is 1. The molecule has 5 heteroatoms. The number of nitrogens with one attached hydrogen (secondary N) is 1. The lowest BCUT2D eigenvalue weighted by molar-refractivity contribution is -0.124. The summed E-state index contributed by atoms with van der Waals surface area (Å²) in [5.41, 5.74) is 2.50. The molecule has 5 nitrogen and oxygen atoms in total. The van der Waals surface area contributed by atoms with E-state index < -0.39 is 5.60 Å². The van der Waals surface area contributed by atoms with Gasteiger partial charge in [-0.1, -0.05) is 51.8 Å². The van der Waals surface area contributed by atoms with E-state index in [2.05, 4.69) is 50.4 Å². The first-order valence-corrected chi connectivity index (χ1v) is 15.2. The quantitative estimate of drug-likeness (QED) is 0.395. The van der Waals surface area contributed by atoms with Crippen LogP contribution in [0.4, 0.5) is 10.5 Å². The molecular weight excluding hydrogens is 472 g/mol. The normalized spacial score (nSPS) is 31.1. The number of benzene rings is 1. The van der Waals surface area contributed by atoms with E-state index in [1.54, 1.807) is 4.90 Å². The fourth-order valence-electron chi connectivity index (χ4n) is 7.88. The molecule has 2 saturated carbocycles. The molecule has 2 fully saturated rings. The zero-order valence-corrected chi connectivity index (χ0v) is 25.0. The van der Waals surface area contributed by atoms with Gasteiger partial charge in [0.15, 0.2) is 0 Å². The van der Waals surface area contributed by atoms with Crippen LogP contribution in [0, 0.1) is 29.6 Å². The Labute approximate surface area is 231 Å². The van der Waals surface area contributed by atoms with Crippen molar-refractivity contribution in [3.63, 3.8) is 0 Å². The molecule has 4 atom stereocenters. The number of carbonyl (C=O) groups excluding carboxylic acids is 2. The van der Waals surface area contributed by atoms with Crippen molar-refractivity contribution >= 4 is 17.6 Å². The number of rotatable bonds is 7. The van der Waals surface area contributed by atoms with Crippen LogP contribution >= 0.6 is 0 Å². The van der Waals surface area contributed by atoms with Crippen LogP contribution in [0.2, 0.25) is 0 Å². The standard InChI is InChI=1S/C33H52N2O3/c1-22(2)29-25(11-10-20-33(6)26-12-8-9-13-27(26)34-30(29)33)18-19-28(36)24-16-14-23(15-17-24)21-35(7)31(37)38-32(3,4)5/h8-9,12-13,22-25,29-30,34H,10-11,14-21H2,1-7H3. The zero-order valence-electron chi connectivity index (χ0n) is 25.0. The summed E-state index contributed by atoms with van der Waals surface area (Å²) >= 11 is 0. The minimum absolute atomic E-state index is 0.176. The SMILES string of the molecule is CC(C)C1C(CCC(=O)C2CCC(CN(C)C(=O)OC(C)(C)C)CC2)CCCC2(C)c3ccccc3NC12. The van der Waals surface area contributed by atoms with Gasteiger partial charge in [0.05, 0.1) is 0 Å². The number of ether oxygens (including phenoxy) is 1. The van der Waals surface area contributed by atoms with Crippen molar-refractivity contribution in [3.05, 3.63) is 29.8 Å². The van der Waals surface area contributed by atoms with Crippen molar-refractivity contribution in [2.45, 2.75) is 116 Å². The number of hydrogen-bond acceptors (Lipinski definition) is 4. The Morgan fingerprint density at radius 1 is 1.11 bits per heavy atom. The number of amides is 1. The molecule has 0 bridgehead atoms. The van der Waals surface area contributed by atoms with Gasteiger partial charge in [-0.2, -0.15) is 0 Å². The number of Topliss-reactive ketones (excluding diaryl/α,β-unsaturated/α-hetero) is 1. The molecule has 0 spiro atoms. The average Bonchev–Trinajstić information content (AvgIpc) is 3.04. The minimum atomic E-state index is -0.474. The van der Waals surface area contributed by atoms with Crippen LogP contribution in [-0.4, -0.2) is 42.0 Å². The van der Waals surface area contributed by atoms with E-state index in [0.29, 0.717) is 42.0 Å². The Balaban J connectivity index is 1.30. The molecule has 0 radical (unpaired) electrons. The fourth-order valence-corrected chi connectivity index (χ4v) is 7.88. The summed E-state index contributed by atoms with van der Waals surface area (Å²) < 4.78 is 5.50. The van der Waals surface area contributed by atoms with Gasteiger partial charge in [-0.3, -0.25) is 4.79 Å². The molecular formula is C33H52N2O3. The molecule has 3 aliphatic rings. The zero-order chi connectivity index (χ0) is 27.7. The molecule has 1 aromatic carbocycles. The third kappa shape index (κ3) is 6.39. The van der Waals surface area contributed by atoms with Crippen LogP contribution in [0.1, 0.15) is 105 Å². The van der Waals surface area contributed by atoms with E-state index in [1.807, 2.05) is 27.8 Å². The van der Waals surface area contributed by atoms with Crippen molar-refractivity contribution in [1.29, 1.82) is 0 Å². The van der Waals surface area contributed by atoms with E-state index in [0.717, 1.165) is 38.5 Å². The maximum absolute atomic E-state index is 13.4. The molecule has 38 heavy (non-hydrogen) atoms. The van der Waals surface area contributed by atoms with Crippen molar-refractivity contribution in [2.75, 3.05) is 18.9 Å². The highest BCUT2D eigenvalue weighted by molar-refractivity contribution is 5.81. The maximum atomic E-state index is 13.4. The lowest BCUT2D eigenvalue weighted by Gasteiger charge is -2.40. The third-order valence-corrected chi connectivity index (χ3v) is 9.81. The second-order valence-corrected chi connectivity index (χ2v) is 14.1. The van der Waals surface area contributed by atoms with Crippen molar-refractivity contribution in [1.82, 2.24) is 4.90 Å². The molecule has 2 aliphatic carbocycles. The Morgan fingerprint density at radius 2 is 1.79 bits per heavy atom. The van der Waals surface area contributed by atoms with Gasteiger partial charge in [0.1, 0.15) is 11.4 Å². The Hall–Kier alpha value is -2.04. The van der Waals surface area contributed by atoms with Gasteiger partial charge < -0.3 is 15.0 Å². The lowest BCUT2D eigenvalue weighted by atomic mass is 9.67. The highest BCUT2D eigenvalue weighted by Crippen LogP contribution is 2.53. The molecule has 212 valence electrons. The molecule has 1 aliphatic heterocycles. The molecule has 4 rings (SSSR count). The maximum Gasteiger partial charge on any atom is 0.410 e. The highest BCUT2D eigenvalue weighted by atomic mass is 16.6. The summed E-state index contributed by atoms with van der Waals surface area (Å²) in [6, 6.07) is 9.34. The van der Waals surface area contributed by atoms with E-state index in [9.17, 15) is 9.59 Å². The van der Waals surface area contributed by atoms with Crippen LogP contribution < -0.4 is 5.32 Å². The van der Waals surface area contributed by atoms with Gasteiger partial charge in [0.25, 0.3) is 0 Å². The van der Waals surface area contributed by atoms with Crippen LogP contribution in [0.5, 0.6) is 0 Å². The Kier molecular flexibility index (Phi) is 8.84. The second kappa shape index (κ2) is 11.6. The second-order valence-electron chi connectivity index (χ2n) is 14.1.